The summed E-state index contributed by atoms with van der Waals surface area (Å²) in [4.78, 5) is 28.9. The Labute approximate surface area is 171 Å². The van der Waals surface area contributed by atoms with E-state index >= 15 is 0 Å². The summed E-state index contributed by atoms with van der Waals surface area (Å²) in [5.41, 5.74) is 1.59. The second-order valence-electron chi connectivity index (χ2n) is 6.56. The highest BCUT2D eigenvalue weighted by molar-refractivity contribution is 6.30. The Morgan fingerprint density at radius 3 is 2.72 bits per heavy atom. The first kappa shape index (κ1) is 19.0. The van der Waals surface area contributed by atoms with E-state index in [1.54, 1.807) is 31.2 Å². The van der Waals surface area contributed by atoms with E-state index in [1.807, 2.05) is 30.3 Å². The Morgan fingerprint density at radius 2 is 1.90 bits per heavy atom. The van der Waals surface area contributed by atoms with E-state index in [0.29, 0.717) is 16.7 Å². The fraction of sp³-hybridized carbons (Fsp3) is 0.136. The maximum absolute atomic E-state index is 12.5. The van der Waals surface area contributed by atoms with Crippen LogP contribution in [0.3, 0.4) is 0 Å². The molecule has 0 saturated heterocycles. The van der Waals surface area contributed by atoms with Gasteiger partial charge in [-0.25, -0.2) is 9.78 Å². The second kappa shape index (κ2) is 7.93. The van der Waals surface area contributed by atoms with Crippen molar-refractivity contribution in [2.75, 3.05) is 6.61 Å². The molecule has 0 aliphatic rings. The topological polar surface area (TPSA) is 81.4 Å². The van der Waals surface area contributed by atoms with Gasteiger partial charge in [0.1, 0.15) is 16.5 Å². The Morgan fingerprint density at radius 1 is 1.14 bits per heavy atom. The summed E-state index contributed by atoms with van der Waals surface area (Å²) in [6.45, 7) is 1.38. The lowest BCUT2D eigenvalue weighted by molar-refractivity contribution is -0.125. The highest BCUT2D eigenvalue weighted by Crippen LogP contribution is 2.24. The molecule has 0 unspecified atom stereocenters. The molecule has 1 N–H and O–H groups in total. The van der Waals surface area contributed by atoms with Crippen LogP contribution < -0.4 is 5.32 Å². The molecule has 0 bridgehead atoms. The molecule has 29 heavy (non-hydrogen) atoms. The first-order valence-electron chi connectivity index (χ1n) is 9.01. The number of hydrogen-bond donors (Lipinski definition) is 1. The quantitative estimate of drug-likeness (QED) is 0.383. The van der Waals surface area contributed by atoms with Crippen molar-refractivity contribution in [3.8, 4) is 0 Å². The van der Waals surface area contributed by atoms with E-state index in [0.717, 1.165) is 11.0 Å². The van der Waals surface area contributed by atoms with Gasteiger partial charge in [0.05, 0.1) is 17.1 Å². The largest absolute Gasteiger partial charge is 0.459 e. The van der Waals surface area contributed by atoms with Crippen molar-refractivity contribution >= 4 is 45.3 Å². The Bertz CT molecular complexity index is 1180. The molecule has 7 heteroatoms. The first-order chi connectivity index (χ1) is 14.0. The van der Waals surface area contributed by atoms with Crippen LogP contribution >= 0.6 is 11.6 Å². The summed E-state index contributed by atoms with van der Waals surface area (Å²) in [6.07, 6.45) is 0. The number of halogens is 1. The number of amides is 1. The number of ether oxygens (including phenoxy) is 1. The number of nitrogens with zero attached hydrogens (tertiary/aromatic N) is 1. The van der Waals surface area contributed by atoms with E-state index in [4.69, 9.17) is 20.8 Å². The zero-order valence-electron chi connectivity index (χ0n) is 15.5. The van der Waals surface area contributed by atoms with Gasteiger partial charge in [0, 0.05) is 10.8 Å². The molecule has 0 aliphatic carbocycles. The molecule has 1 atom stereocenters. The molecule has 2 heterocycles. The SMILES string of the molecule is C[C@H](NC(=O)COC(=O)c1cc(Cl)nc2ccccc12)c1cc2ccccc2o1. The number of aromatic nitrogens is 1. The van der Waals surface area contributed by atoms with E-state index in [1.165, 1.54) is 6.07 Å². The smallest absolute Gasteiger partial charge is 0.339 e. The molecule has 146 valence electrons. The Hall–Kier alpha value is -3.38. The molecular formula is C22H17ClN2O4. The lowest BCUT2D eigenvalue weighted by Gasteiger charge is -2.12. The van der Waals surface area contributed by atoms with Crippen LogP contribution in [0.15, 0.2) is 65.1 Å². The molecule has 2 aromatic carbocycles. The van der Waals surface area contributed by atoms with Crippen LogP contribution in [0.2, 0.25) is 5.15 Å². The maximum atomic E-state index is 12.5. The minimum Gasteiger partial charge on any atom is -0.459 e. The fourth-order valence-electron chi connectivity index (χ4n) is 3.09. The monoisotopic (exact) mass is 408 g/mol. The van der Waals surface area contributed by atoms with E-state index in [-0.39, 0.29) is 16.8 Å². The zero-order chi connectivity index (χ0) is 20.4. The number of pyridine rings is 1. The van der Waals surface area contributed by atoms with Crippen LogP contribution in [0.5, 0.6) is 0 Å². The van der Waals surface area contributed by atoms with Gasteiger partial charge in [0.15, 0.2) is 6.61 Å². The van der Waals surface area contributed by atoms with Crippen molar-refractivity contribution in [2.45, 2.75) is 13.0 Å². The number of benzene rings is 2. The normalized spacial score (nSPS) is 12.1. The fourth-order valence-corrected chi connectivity index (χ4v) is 3.29. The van der Waals surface area contributed by atoms with Gasteiger partial charge in [-0.1, -0.05) is 48.0 Å². The van der Waals surface area contributed by atoms with Crippen LogP contribution in [0.1, 0.15) is 29.1 Å². The molecule has 4 aromatic rings. The van der Waals surface area contributed by atoms with Crippen molar-refractivity contribution in [1.82, 2.24) is 10.3 Å². The third-order valence-corrected chi connectivity index (χ3v) is 4.68. The predicted octanol–water partition coefficient (Wildman–Crippen LogP) is 4.67. The summed E-state index contributed by atoms with van der Waals surface area (Å²) >= 11 is 5.99. The summed E-state index contributed by atoms with van der Waals surface area (Å²) in [5, 5.41) is 4.51. The number of carbonyl (C=O) groups excluding carboxylic acids is 2. The molecule has 4 rings (SSSR count). The van der Waals surface area contributed by atoms with Crippen LogP contribution in [-0.2, 0) is 9.53 Å². The number of nitrogens with one attached hydrogen (secondary N) is 1. The summed E-state index contributed by atoms with van der Waals surface area (Å²) < 4.78 is 10.9. The molecule has 1 amide bonds. The molecule has 2 aromatic heterocycles. The van der Waals surface area contributed by atoms with Gasteiger partial charge in [0.2, 0.25) is 0 Å². The van der Waals surface area contributed by atoms with E-state index in [2.05, 4.69) is 10.3 Å². The van der Waals surface area contributed by atoms with Gasteiger partial charge in [-0.3, -0.25) is 4.79 Å². The number of hydrogen-bond acceptors (Lipinski definition) is 5. The average molecular weight is 409 g/mol. The van der Waals surface area contributed by atoms with Crippen molar-refractivity contribution in [3.05, 3.63) is 77.1 Å². The Balaban J connectivity index is 1.41. The summed E-state index contributed by atoms with van der Waals surface area (Å²) in [5.74, 6) is -0.453. The highest BCUT2D eigenvalue weighted by atomic mass is 35.5. The van der Waals surface area contributed by atoms with Crippen molar-refractivity contribution < 1.29 is 18.7 Å². The minimum atomic E-state index is -0.642. The third kappa shape index (κ3) is 4.07. The number of furan rings is 1. The molecule has 0 radical (unpaired) electrons. The van der Waals surface area contributed by atoms with Gasteiger partial charge >= 0.3 is 5.97 Å². The number of para-hydroxylation sites is 2. The second-order valence-corrected chi connectivity index (χ2v) is 6.95. The molecule has 0 aliphatic heterocycles. The van der Waals surface area contributed by atoms with E-state index in [9.17, 15) is 9.59 Å². The van der Waals surface area contributed by atoms with Crippen LogP contribution in [0.4, 0.5) is 0 Å². The lowest BCUT2D eigenvalue weighted by atomic mass is 10.1. The summed E-state index contributed by atoms with van der Waals surface area (Å²) in [6, 6.07) is 17.6. The van der Waals surface area contributed by atoms with Crippen LogP contribution in [0, 0.1) is 0 Å². The van der Waals surface area contributed by atoms with Crippen molar-refractivity contribution in [2.24, 2.45) is 0 Å². The maximum Gasteiger partial charge on any atom is 0.339 e. The van der Waals surface area contributed by atoms with Crippen LogP contribution in [-0.4, -0.2) is 23.5 Å². The van der Waals surface area contributed by atoms with Crippen molar-refractivity contribution in [3.63, 3.8) is 0 Å². The minimum absolute atomic E-state index is 0.179. The molecule has 0 spiro atoms. The van der Waals surface area contributed by atoms with Gasteiger partial charge in [-0.05, 0) is 31.2 Å². The molecule has 6 nitrogen and oxygen atoms in total. The Kier molecular flexibility index (Phi) is 5.18. The average Bonchev–Trinajstić information content (AvgIpc) is 3.16. The third-order valence-electron chi connectivity index (χ3n) is 4.49. The molecule has 0 fully saturated rings. The van der Waals surface area contributed by atoms with Crippen molar-refractivity contribution in [1.29, 1.82) is 0 Å². The molecular weight excluding hydrogens is 392 g/mol. The number of fused-ring (bicyclic) bond motifs is 2. The standard InChI is InChI=1S/C22H17ClN2O4/c1-13(19-10-14-6-2-5-9-18(14)29-19)24-21(26)12-28-22(27)16-11-20(23)25-17-8-4-3-7-15(16)17/h2-11,13H,12H2,1H3,(H,24,26)/t13-/m0/s1. The summed E-state index contributed by atoms with van der Waals surface area (Å²) in [7, 11) is 0. The number of rotatable bonds is 5. The molecule has 0 saturated carbocycles. The van der Waals surface area contributed by atoms with Gasteiger partial charge in [-0.2, -0.15) is 0 Å². The predicted molar refractivity (Wildman–Crippen MR) is 110 cm³/mol. The van der Waals surface area contributed by atoms with Gasteiger partial charge < -0.3 is 14.5 Å². The van der Waals surface area contributed by atoms with Gasteiger partial charge in [-0.15, -0.1) is 0 Å². The van der Waals surface area contributed by atoms with E-state index < -0.39 is 18.5 Å². The first-order valence-corrected chi connectivity index (χ1v) is 9.39. The zero-order valence-corrected chi connectivity index (χ0v) is 16.3. The number of carbonyl (C=O) groups is 2. The highest BCUT2D eigenvalue weighted by Gasteiger charge is 2.18. The lowest BCUT2D eigenvalue weighted by Crippen LogP contribution is -2.31. The number of esters is 1. The van der Waals surface area contributed by atoms with Gasteiger partial charge in [0.25, 0.3) is 5.91 Å². The van der Waals surface area contributed by atoms with Crippen LogP contribution in [0.25, 0.3) is 21.9 Å².